The highest BCUT2D eigenvalue weighted by atomic mass is 32.2. The molecule has 16 heavy (non-hydrogen) atoms. The van der Waals surface area contributed by atoms with Gasteiger partial charge >= 0.3 is 5.51 Å². The van der Waals surface area contributed by atoms with Crippen LogP contribution in [-0.2, 0) is 10.1 Å². The van der Waals surface area contributed by atoms with Gasteiger partial charge in [0.1, 0.15) is 0 Å². The SMILES string of the molecule is CCC([NH3+])(CC)CC.O=S(=O)([O-])C(F)(F)F. The Hall–Kier alpha value is -0.340. The van der Waals surface area contributed by atoms with Crippen LogP contribution in [-0.4, -0.2) is 24.0 Å². The van der Waals surface area contributed by atoms with Crippen molar-refractivity contribution in [1.29, 1.82) is 0 Å². The van der Waals surface area contributed by atoms with Crippen molar-refractivity contribution in [2.75, 3.05) is 0 Å². The van der Waals surface area contributed by atoms with Crippen LogP contribution in [0.5, 0.6) is 0 Å². The second-order valence-electron chi connectivity index (χ2n) is 3.46. The summed E-state index contributed by atoms with van der Waals surface area (Å²) in [7, 11) is -6.09. The minimum Gasteiger partial charge on any atom is -0.741 e. The molecule has 0 aliphatic carbocycles. The van der Waals surface area contributed by atoms with E-state index in [-0.39, 0.29) is 0 Å². The van der Waals surface area contributed by atoms with Gasteiger partial charge in [-0.15, -0.1) is 0 Å². The Balaban J connectivity index is 0. The minimum atomic E-state index is -6.09. The molecule has 0 aromatic heterocycles. The second kappa shape index (κ2) is 6.41. The van der Waals surface area contributed by atoms with Crippen molar-refractivity contribution in [3.05, 3.63) is 0 Å². The standard InChI is InChI=1S/C7H17N.CHF3O3S/c1-4-7(8,5-2)6-3;2-1(3,4)8(5,6)7/h4-6,8H2,1-3H3;(H,5,6,7). The molecule has 0 unspecified atom stereocenters. The number of rotatable bonds is 3. The third-order valence-corrected chi connectivity index (χ3v) is 3.10. The molecule has 0 spiro atoms. The highest BCUT2D eigenvalue weighted by molar-refractivity contribution is 7.86. The molecular formula is C8H18F3NO3S. The van der Waals surface area contributed by atoms with Crippen molar-refractivity contribution >= 4 is 10.1 Å². The summed E-state index contributed by atoms with van der Waals surface area (Å²) in [6, 6.07) is 0. The average Bonchev–Trinajstić information content (AvgIpc) is 2.14. The van der Waals surface area contributed by atoms with E-state index >= 15 is 0 Å². The van der Waals surface area contributed by atoms with E-state index in [9.17, 15) is 13.2 Å². The summed E-state index contributed by atoms with van der Waals surface area (Å²) in [4.78, 5) is 0. The fourth-order valence-corrected chi connectivity index (χ4v) is 0.750. The van der Waals surface area contributed by atoms with Gasteiger partial charge in [0.2, 0.25) is 0 Å². The van der Waals surface area contributed by atoms with Crippen LogP contribution in [0.1, 0.15) is 40.0 Å². The molecule has 0 bridgehead atoms. The van der Waals surface area contributed by atoms with Crippen molar-refractivity contribution in [1.82, 2.24) is 0 Å². The maximum Gasteiger partial charge on any atom is 0.485 e. The van der Waals surface area contributed by atoms with E-state index in [1.54, 1.807) is 0 Å². The topological polar surface area (TPSA) is 84.8 Å². The Morgan fingerprint density at radius 2 is 1.25 bits per heavy atom. The molecule has 0 heterocycles. The Bertz CT molecular complexity index is 275. The van der Waals surface area contributed by atoms with Gasteiger partial charge in [0.15, 0.2) is 10.1 Å². The maximum atomic E-state index is 10.7. The largest absolute Gasteiger partial charge is 0.741 e. The van der Waals surface area contributed by atoms with Gasteiger partial charge in [0.05, 0.1) is 5.54 Å². The van der Waals surface area contributed by atoms with Crippen LogP contribution in [0.3, 0.4) is 0 Å². The van der Waals surface area contributed by atoms with Crippen molar-refractivity contribution in [2.24, 2.45) is 0 Å². The lowest BCUT2D eigenvalue weighted by atomic mass is 9.92. The predicted octanol–water partition coefficient (Wildman–Crippen LogP) is 1.25. The van der Waals surface area contributed by atoms with Crippen molar-refractivity contribution in [3.63, 3.8) is 0 Å². The van der Waals surface area contributed by atoms with E-state index < -0.39 is 15.6 Å². The van der Waals surface area contributed by atoms with Crippen LogP contribution in [0.15, 0.2) is 0 Å². The lowest BCUT2D eigenvalue weighted by Gasteiger charge is -2.19. The minimum absolute atomic E-state index is 0.375. The first-order valence-electron chi connectivity index (χ1n) is 4.81. The van der Waals surface area contributed by atoms with Gasteiger partial charge in [-0.2, -0.15) is 13.2 Å². The van der Waals surface area contributed by atoms with E-state index in [4.69, 9.17) is 13.0 Å². The lowest BCUT2D eigenvalue weighted by Crippen LogP contribution is -2.71. The molecule has 0 radical (unpaired) electrons. The Morgan fingerprint density at radius 1 is 1.06 bits per heavy atom. The van der Waals surface area contributed by atoms with Crippen molar-refractivity contribution < 1.29 is 31.9 Å². The first kappa shape index (κ1) is 18.0. The maximum absolute atomic E-state index is 10.7. The Labute approximate surface area is 93.8 Å². The van der Waals surface area contributed by atoms with Crippen molar-refractivity contribution in [3.8, 4) is 0 Å². The predicted molar refractivity (Wildman–Crippen MR) is 52.2 cm³/mol. The zero-order valence-corrected chi connectivity index (χ0v) is 10.4. The van der Waals surface area contributed by atoms with Crippen LogP contribution in [0.25, 0.3) is 0 Å². The molecule has 0 atom stereocenters. The monoisotopic (exact) mass is 265 g/mol. The van der Waals surface area contributed by atoms with Crippen LogP contribution >= 0.6 is 0 Å². The quantitative estimate of drug-likeness (QED) is 0.615. The normalized spacial score (nSPS) is 13.0. The highest BCUT2D eigenvalue weighted by Crippen LogP contribution is 2.20. The summed E-state index contributed by atoms with van der Waals surface area (Å²) in [5, 5.41) is 0. The number of hydrogen-bond acceptors (Lipinski definition) is 3. The number of hydrogen-bond donors (Lipinski definition) is 1. The zero-order chi connectivity index (χ0) is 13.6. The van der Waals surface area contributed by atoms with Crippen LogP contribution in [0, 0.1) is 0 Å². The number of alkyl halides is 3. The lowest BCUT2D eigenvalue weighted by molar-refractivity contribution is -0.480. The van der Waals surface area contributed by atoms with E-state index in [0.717, 1.165) is 0 Å². The molecule has 0 rings (SSSR count). The highest BCUT2D eigenvalue weighted by Gasteiger charge is 2.36. The van der Waals surface area contributed by atoms with Gasteiger partial charge in [-0.3, -0.25) is 0 Å². The van der Waals surface area contributed by atoms with Gasteiger partial charge in [-0.25, -0.2) is 8.42 Å². The van der Waals surface area contributed by atoms with E-state index in [1.807, 2.05) is 0 Å². The third kappa shape index (κ3) is 7.02. The molecule has 0 saturated heterocycles. The molecule has 0 fully saturated rings. The zero-order valence-electron chi connectivity index (χ0n) is 9.60. The summed E-state index contributed by atoms with van der Waals surface area (Å²) < 4.78 is 58.9. The van der Waals surface area contributed by atoms with Gasteiger partial charge < -0.3 is 10.3 Å². The summed E-state index contributed by atoms with van der Waals surface area (Å²) in [5.74, 6) is 0. The van der Waals surface area contributed by atoms with E-state index in [1.165, 1.54) is 19.3 Å². The fraction of sp³-hybridized carbons (Fsp3) is 1.00. The average molecular weight is 265 g/mol. The molecule has 0 aliphatic rings. The molecular weight excluding hydrogens is 247 g/mol. The fourth-order valence-electron chi connectivity index (χ4n) is 0.750. The van der Waals surface area contributed by atoms with Crippen molar-refractivity contribution in [2.45, 2.75) is 51.1 Å². The second-order valence-corrected chi connectivity index (χ2v) is 4.83. The molecule has 0 aliphatic heterocycles. The molecule has 0 amide bonds. The summed E-state index contributed by atoms with van der Waals surface area (Å²) in [5.41, 5.74) is -1.15. The smallest absolute Gasteiger partial charge is 0.485 e. The Morgan fingerprint density at radius 3 is 1.25 bits per heavy atom. The third-order valence-electron chi connectivity index (χ3n) is 2.53. The molecule has 0 aromatic carbocycles. The molecule has 100 valence electrons. The van der Waals surface area contributed by atoms with Gasteiger partial charge in [0, 0.05) is 0 Å². The van der Waals surface area contributed by atoms with Gasteiger partial charge in [-0.05, 0) is 19.3 Å². The van der Waals surface area contributed by atoms with Gasteiger partial charge in [0.25, 0.3) is 0 Å². The number of halogens is 3. The Kier molecular flexibility index (Phi) is 7.22. The molecule has 0 saturated carbocycles. The number of quaternary nitrogens is 1. The first-order chi connectivity index (χ1) is 6.93. The molecule has 3 N–H and O–H groups in total. The van der Waals surface area contributed by atoms with Crippen LogP contribution < -0.4 is 5.73 Å². The molecule has 0 aromatic rings. The molecule has 4 nitrogen and oxygen atoms in total. The van der Waals surface area contributed by atoms with Gasteiger partial charge in [-0.1, -0.05) is 20.8 Å². The van der Waals surface area contributed by atoms with Crippen LogP contribution in [0.2, 0.25) is 0 Å². The van der Waals surface area contributed by atoms with E-state index in [0.29, 0.717) is 5.54 Å². The van der Waals surface area contributed by atoms with E-state index in [2.05, 4.69) is 26.5 Å². The molecule has 8 heteroatoms. The first-order valence-corrected chi connectivity index (χ1v) is 6.21. The summed E-state index contributed by atoms with van der Waals surface area (Å²) >= 11 is 0. The summed E-state index contributed by atoms with van der Waals surface area (Å²) in [6.07, 6.45) is 3.63. The summed E-state index contributed by atoms with van der Waals surface area (Å²) in [6.45, 7) is 6.62. The van der Waals surface area contributed by atoms with Crippen LogP contribution in [0.4, 0.5) is 13.2 Å².